The van der Waals surface area contributed by atoms with Crippen LogP contribution in [-0.2, 0) is 9.59 Å². The minimum atomic E-state index is -1.29. The first-order valence-electron chi connectivity index (χ1n) is 5.88. The summed E-state index contributed by atoms with van der Waals surface area (Å²) in [5, 5.41) is 22.0. The van der Waals surface area contributed by atoms with Gasteiger partial charge in [0.2, 0.25) is 0 Å². The summed E-state index contributed by atoms with van der Waals surface area (Å²) in [5.41, 5.74) is 0. The monoisotopic (exact) mass is 270 g/mol. The van der Waals surface area contributed by atoms with Crippen LogP contribution in [0.15, 0.2) is 0 Å². The fourth-order valence-electron chi connectivity index (χ4n) is 1.37. The zero-order valence-electron chi connectivity index (χ0n) is 10.7. The molecule has 0 fully saturated rings. The maximum absolute atomic E-state index is 11.5. The molecule has 0 radical (unpaired) electrons. The predicted molar refractivity (Wildman–Crippen MR) is 67.5 cm³/mol. The predicted octanol–water partition coefficient (Wildman–Crippen LogP) is 0.406. The van der Waals surface area contributed by atoms with Crippen LogP contribution >= 0.6 is 0 Å². The van der Waals surface area contributed by atoms with Crippen molar-refractivity contribution in [3.63, 3.8) is 0 Å². The number of carbonyl (C=O) groups excluding carboxylic acids is 1. The molecular formula is C12H18N2O5. The van der Waals surface area contributed by atoms with E-state index >= 15 is 0 Å². The number of terminal acetylenes is 1. The Hall–Kier alpha value is -2.23. The van der Waals surface area contributed by atoms with Crippen LogP contribution in [-0.4, -0.2) is 40.3 Å². The molecule has 0 aromatic heterocycles. The summed E-state index contributed by atoms with van der Waals surface area (Å²) < 4.78 is 0. The van der Waals surface area contributed by atoms with Gasteiger partial charge in [-0.1, -0.05) is 19.3 Å². The molecule has 7 heteroatoms. The van der Waals surface area contributed by atoms with Gasteiger partial charge < -0.3 is 20.8 Å². The van der Waals surface area contributed by atoms with Crippen molar-refractivity contribution in [2.24, 2.45) is 0 Å². The Morgan fingerprint density at radius 3 is 2.26 bits per heavy atom. The van der Waals surface area contributed by atoms with Crippen molar-refractivity contribution < 1.29 is 24.6 Å². The number of urea groups is 1. The van der Waals surface area contributed by atoms with Crippen molar-refractivity contribution >= 4 is 18.0 Å². The second kappa shape index (κ2) is 8.80. The molecule has 7 nitrogen and oxygen atoms in total. The minimum Gasteiger partial charge on any atom is -0.481 e. The van der Waals surface area contributed by atoms with Gasteiger partial charge in [0.1, 0.15) is 6.04 Å². The van der Waals surface area contributed by atoms with E-state index in [-0.39, 0.29) is 12.8 Å². The van der Waals surface area contributed by atoms with Gasteiger partial charge in [0, 0.05) is 6.42 Å². The SMILES string of the molecule is C#CC(CCC)NC(=O)N[C@@H](CCC(=O)O)C(=O)O. The first kappa shape index (κ1) is 16.8. The molecule has 0 saturated heterocycles. The first-order chi connectivity index (χ1) is 8.90. The van der Waals surface area contributed by atoms with E-state index in [4.69, 9.17) is 16.6 Å². The van der Waals surface area contributed by atoms with Gasteiger partial charge in [-0.3, -0.25) is 4.79 Å². The van der Waals surface area contributed by atoms with Crippen LogP contribution < -0.4 is 10.6 Å². The van der Waals surface area contributed by atoms with Crippen molar-refractivity contribution in [1.82, 2.24) is 10.6 Å². The zero-order chi connectivity index (χ0) is 14.8. The van der Waals surface area contributed by atoms with Gasteiger partial charge in [0.25, 0.3) is 0 Å². The smallest absolute Gasteiger partial charge is 0.326 e. The number of carbonyl (C=O) groups is 3. The highest BCUT2D eigenvalue weighted by atomic mass is 16.4. The molecule has 19 heavy (non-hydrogen) atoms. The second-order valence-electron chi connectivity index (χ2n) is 3.95. The minimum absolute atomic E-state index is 0.188. The van der Waals surface area contributed by atoms with Gasteiger partial charge in [0.15, 0.2) is 0 Å². The molecule has 0 spiro atoms. The topological polar surface area (TPSA) is 116 Å². The van der Waals surface area contributed by atoms with Gasteiger partial charge >= 0.3 is 18.0 Å². The molecule has 0 saturated carbocycles. The summed E-state index contributed by atoms with van der Waals surface area (Å²) in [6, 6.07) is -2.44. The number of amides is 2. The van der Waals surface area contributed by atoms with Crippen LogP contribution in [0.3, 0.4) is 0 Å². The zero-order valence-corrected chi connectivity index (χ0v) is 10.7. The lowest BCUT2D eigenvalue weighted by molar-refractivity contribution is -0.140. The Kier molecular flexibility index (Phi) is 7.77. The Bertz CT molecular complexity index is 375. The van der Waals surface area contributed by atoms with Crippen LogP contribution in [0.25, 0.3) is 0 Å². The summed E-state index contributed by atoms with van der Waals surface area (Å²) in [7, 11) is 0. The van der Waals surface area contributed by atoms with Crippen LogP contribution in [0.2, 0.25) is 0 Å². The van der Waals surface area contributed by atoms with E-state index < -0.39 is 30.1 Å². The second-order valence-corrected chi connectivity index (χ2v) is 3.95. The van der Waals surface area contributed by atoms with E-state index in [2.05, 4.69) is 16.6 Å². The summed E-state index contributed by atoms with van der Waals surface area (Å²) in [6.45, 7) is 1.90. The molecule has 2 atom stereocenters. The van der Waals surface area contributed by atoms with E-state index in [1.165, 1.54) is 0 Å². The molecule has 106 valence electrons. The summed E-state index contributed by atoms with van der Waals surface area (Å²) in [6.07, 6.45) is 6.03. The molecule has 0 aromatic carbocycles. The summed E-state index contributed by atoms with van der Waals surface area (Å²) >= 11 is 0. The number of hydrogen-bond acceptors (Lipinski definition) is 3. The summed E-state index contributed by atoms with van der Waals surface area (Å²) in [4.78, 5) is 32.7. The molecular weight excluding hydrogens is 252 g/mol. The van der Waals surface area contributed by atoms with Crippen LogP contribution in [0.4, 0.5) is 4.79 Å². The third-order valence-electron chi connectivity index (χ3n) is 2.33. The third-order valence-corrected chi connectivity index (χ3v) is 2.33. The standard InChI is InChI=1S/C12H18N2O5/c1-3-5-8(4-2)13-12(19)14-9(11(17)18)6-7-10(15)16/h2,8-9H,3,5-7H2,1H3,(H,15,16)(H,17,18)(H2,13,14,19)/t8?,9-/m0/s1. The van der Waals surface area contributed by atoms with E-state index in [0.29, 0.717) is 6.42 Å². The quantitative estimate of drug-likeness (QED) is 0.477. The maximum atomic E-state index is 11.5. The van der Waals surface area contributed by atoms with E-state index in [1.54, 1.807) is 0 Å². The van der Waals surface area contributed by atoms with Crippen molar-refractivity contribution in [3.05, 3.63) is 0 Å². The average Bonchev–Trinajstić information content (AvgIpc) is 2.33. The van der Waals surface area contributed by atoms with Gasteiger partial charge in [-0.05, 0) is 12.8 Å². The molecule has 0 bridgehead atoms. The maximum Gasteiger partial charge on any atom is 0.326 e. The van der Waals surface area contributed by atoms with Crippen LogP contribution in [0.5, 0.6) is 0 Å². The Morgan fingerprint density at radius 2 is 1.84 bits per heavy atom. The highest BCUT2D eigenvalue weighted by molar-refractivity contribution is 5.83. The molecule has 0 aromatic rings. The molecule has 0 rings (SSSR count). The lowest BCUT2D eigenvalue weighted by atomic mass is 10.1. The lowest BCUT2D eigenvalue weighted by Gasteiger charge is -2.17. The Balaban J connectivity index is 4.35. The molecule has 0 heterocycles. The molecule has 4 N–H and O–H groups in total. The van der Waals surface area contributed by atoms with Crippen molar-refractivity contribution in [3.8, 4) is 12.3 Å². The van der Waals surface area contributed by atoms with Crippen molar-refractivity contribution in [2.75, 3.05) is 0 Å². The number of nitrogens with one attached hydrogen (secondary N) is 2. The summed E-state index contributed by atoms with van der Waals surface area (Å²) in [5.74, 6) is -0.0389. The molecule has 0 aliphatic heterocycles. The Labute approximate surface area is 111 Å². The number of aliphatic carboxylic acids is 2. The third kappa shape index (κ3) is 7.65. The highest BCUT2D eigenvalue weighted by Crippen LogP contribution is 1.99. The Morgan fingerprint density at radius 1 is 1.21 bits per heavy atom. The molecule has 0 aliphatic carbocycles. The fraction of sp³-hybridized carbons (Fsp3) is 0.583. The number of carboxylic acids is 2. The highest BCUT2D eigenvalue weighted by Gasteiger charge is 2.21. The van der Waals surface area contributed by atoms with Gasteiger partial charge in [-0.2, -0.15) is 0 Å². The van der Waals surface area contributed by atoms with E-state index in [1.807, 2.05) is 6.92 Å². The average molecular weight is 270 g/mol. The van der Waals surface area contributed by atoms with Crippen molar-refractivity contribution in [2.45, 2.75) is 44.7 Å². The van der Waals surface area contributed by atoms with Crippen LogP contribution in [0.1, 0.15) is 32.6 Å². The first-order valence-corrected chi connectivity index (χ1v) is 5.88. The molecule has 0 aliphatic rings. The fourth-order valence-corrected chi connectivity index (χ4v) is 1.37. The number of rotatable bonds is 8. The number of hydrogen-bond donors (Lipinski definition) is 4. The van der Waals surface area contributed by atoms with E-state index in [0.717, 1.165) is 6.42 Å². The van der Waals surface area contributed by atoms with Crippen LogP contribution in [0, 0.1) is 12.3 Å². The number of carboxylic acid groups (broad SMARTS) is 2. The normalized spacial score (nSPS) is 12.8. The lowest BCUT2D eigenvalue weighted by Crippen LogP contribution is -2.48. The molecule has 1 unspecified atom stereocenters. The largest absolute Gasteiger partial charge is 0.481 e. The van der Waals surface area contributed by atoms with Crippen molar-refractivity contribution in [1.29, 1.82) is 0 Å². The van der Waals surface area contributed by atoms with Gasteiger partial charge in [-0.15, -0.1) is 6.42 Å². The van der Waals surface area contributed by atoms with Gasteiger partial charge in [-0.25, -0.2) is 9.59 Å². The van der Waals surface area contributed by atoms with E-state index in [9.17, 15) is 14.4 Å². The van der Waals surface area contributed by atoms with Gasteiger partial charge in [0.05, 0.1) is 6.04 Å². The molecule has 2 amide bonds.